The first-order valence-corrected chi connectivity index (χ1v) is 8.37. The fourth-order valence-corrected chi connectivity index (χ4v) is 3.02. The maximum Gasteiger partial charge on any atom is 0.242 e. The van der Waals surface area contributed by atoms with Crippen molar-refractivity contribution < 1.29 is 9.59 Å². The molecule has 108 valence electrons. The van der Waals surface area contributed by atoms with Gasteiger partial charge in [-0.2, -0.15) is 11.8 Å². The minimum atomic E-state index is 0.111. The molecule has 5 nitrogen and oxygen atoms in total. The van der Waals surface area contributed by atoms with Crippen molar-refractivity contribution in [3.63, 3.8) is 0 Å². The van der Waals surface area contributed by atoms with E-state index in [1.165, 1.54) is 0 Å². The van der Waals surface area contributed by atoms with Gasteiger partial charge in [0.2, 0.25) is 11.8 Å². The highest BCUT2D eigenvalue weighted by Gasteiger charge is 2.26. The molecule has 2 aliphatic rings. The number of amides is 2. The van der Waals surface area contributed by atoms with Gasteiger partial charge in [0.05, 0.1) is 6.54 Å². The Bertz CT molecular complexity index is 330. The molecular formula is C13H23N3O2S. The zero-order valence-corrected chi connectivity index (χ0v) is 12.5. The molecule has 2 fully saturated rings. The number of thioether (sulfide) groups is 1. The van der Waals surface area contributed by atoms with Gasteiger partial charge in [-0.05, 0) is 12.7 Å². The normalized spacial score (nSPS) is 21.2. The van der Waals surface area contributed by atoms with Crippen LogP contribution in [0.15, 0.2) is 0 Å². The van der Waals surface area contributed by atoms with Crippen LogP contribution in [0.5, 0.6) is 0 Å². The molecule has 0 aromatic rings. The molecule has 6 heteroatoms. The highest BCUT2D eigenvalue weighted by atomic mass is 32.2. The molecule has 19 heavy (non-hydrogen) atoms. The second-order valence-corrected chi connectivity index (χ2v) is 6.12. The predicted octanol–water partition coefficient (Wildman–Crippen LogP) is 0.116. The number of hydrogen-bond donors (Lipinski definition) is 0. The number of carbonyl (C=O) groups excluding carboxylic acids is 2. The van der Waals surface area contributed by atoms with Crippen molar-refractivity contribution in [1.29, 1.82) is 0 Å². The molecule has 2 aliphatic heterocycles. The number of piperazine rings is 1. The molecule has 2 saturated heterocycles. The summed E-state index contributed by atoms with van der Waals surface area (Å²) in [6, 6.07) is 0. The summed E-state index contributed by atoms with van der Waals surface area (Å²) in [5, 5.41) is 0. The van der Waals surface area contributed by atoms with Crippen LogP contribution >= 0.6 is 11.8 Å². The monoisotopic (exact) mass is 285 g/mol. The van der Waals surface area contributed by atoms with Gasteiger partial charge in [-0.3, -0.25) is 14.5 Å². The van der Waals surface area contributed by atoms with Crippen LogP contribution in [0.1, 0.15) is 12.8 Å². The Balaban J connectivity index is 1.71. The maximum atomic E-state index is 12.1. The Labute approximate surface area is 119 Å². The van der Waals surface area contributed by atoms with Crippen LogP contribution in [-0.2, 0) is 9.59 Å². The van der Waals surface area contributed by atoms with Crippen LogP contribution < -0.4 is 0 Å². The third-order valence-corrected chi connectivity index (χ3v) is 4.42. The average molecular weight is 285 g/mol. The number of nitrogens with zero attached hydrogens (tertiary/aromatic N) is 3. The molecule has 0 saturated carbocycles. The second-order valence-electron chi connectivity index (χ2n) is 5.13. The van der Waals surface area contributed by atoms with E-state index in [-0.39, 0.29) is 18.4 Å². The van der Waals surface area contributed by atoms with Gasteiger partial charge in [-0.25, -0.2) is 0 Å². The number of likely N-dealkylation sites (tertiary alicyclic amines) is 1. The van der Waals surface area contributed by atoms with E-state index in [9.17, 15) is 9.59 Å². The molecule has 2 rings (SSSR count). The molecule has 0 atom stereocenters. The van der Waals surface area contributed by atoms with Crippen molar-refractivity contribution in [2.45, 2.75) is 12.8 Å². The van der Waals surface area contributed by atoms with Crippen molar-refractivity contribution in [2.24, 2.45) is 0 Å². The third-order valence-electron chi connectivity index (χ3n) is 3.83. The van der Waals surface area contributed by atoms with Crippen LogP contribution in [0.4, 0.5) is 0 Å². The van der Waals surface area contributed by atoms with E-state index < -0.39 is 0 Å². The molecule has 0 aliphatic carbocycles. The Hall–Kier alpha value is -0.750. The lowest BCUT2D eigenvalue weighted by atomic mass is 10.3. The van der Waals surface area contributed by atoms with E-state index in [4.69, 9.17) is 0 Å². The summed E-state index contributed by atoms with van der Waals surface area (Å²) < 4.78 is 0. The lowest BCUT2D eigenvalue weighted by Crippen LogP contribution is -2.51. The first-order chi connectivity index (χ1) is 9.20. The summed E-state index contributed by atoms with van der Waals surface area (Å²) in [6.07, 6.45) is 3.62. The van der Waals surface area contributed by atoms with Gasteiger partial charge in [0, 0.05) is 51.4 Å². The largest absolute Gasteiger partial charge is 0.339 e. The smallest absolute Gasteiger partial charge is 0.242 e. The molecule has 2 amide bonds. The molecule has 0 aromatic heterocycles. The van der Waals surface area contributed by atoms with Gasteiger partial charge in [0.15, 0.2) is 0 Å². The number of rotatable bonds is 5. The zero-order valence-electron chi connectivity index (χ0n) is 11.6. The Morgan fingerprint density at radius 3 is 2.53 bits per heavy atom. The predicted molar refractivity (Wildman–Crippen MR) is 77.2 cm³/mol. The standard InChI is InChI=1S/C13H23N3O2S/c1-19-10-9-14-5-7-15(8-6-14)13(18)11-16-4-2-3-12(16)17/h2-11H2,1H3. The van der Waals surface area contributed by atoms with Gasteiger partial charge < -0.3 is 9.80 Å². The quantitative estimate of drug-likeness (QED) is 0.719. The lowest BCUT2D eigenvalue weighted by molar-refractivity contribution is -0.139. The van der Waals surface area contributed by atoms with Crippen molar-refractivity contribution in [3.05, 3.63) is 0 Å². The summed E-state index contributed by atoms with van der Waals surface area (Å²) in [5.74, 6) is 1.39. The minimum Gasteiger partial charge on any atom is -0.339 e. The van der Waals surface area contributed by atoms with Gasteiger partial charge in [-0.1, -0.05) is 0 Å². The number of hydrogen-bond acceptors (Lipinski definition) is 4. The summed E-state index contributed by atoms with van der Waals surface area (Å²) in [7, 11) is 0. The lowest BCUT2D eigenvalue weighted by Gasteiger charge is -2.35. The molecule has 0 radical (unpaired) electrons. The van der Waals surface area contributed by atoms with Crippen molar-refractivity contribution >= 4 is 23.6 Å². The molecule has 0 aromatic carbocycles. The van der Waals surface area contributed by atoms with Crippen molar-refractivity contribution in [1.82, 2.24) is 14.7 Å². The van der Waals surface area contributed by atoms with Gasteiger partial charge >= 0.3 is 0 Å². The SMILES string of the molecule is CSCCN1CCN(C(=O)CN2CCCC2=O)CC1. The van der Waals surface area contributed by atoms with Crippen molar-refractivity contribution in [2.75, 3.05) is 57.8 Å². The van der Waals surface area contributed by atoms with Crippen LogP contribution in [0.2, 0.25) is 0 Å². The van der Waals surface area contributed by atoms with Crippen LogP contribution in [0.3, 0.4) is 0 Å². The first kappa shape index (κ1) is 14.7. The van der Waals surface area contributed by atoms with E-state index in [1.54, 1.807) is 4.90 Å². The van der Waals surface area contributed by atoms with Crippen LogP contribution in [-0.4, -0.2) is 84.3 Å². The molecular weight excluding hydrogens is 262 g/mol. The van der Waals surface area contributed by atoms with E-state index in [0.717, 1.165) is 51.4 Å². The van der Waals surface area contributed by atoms with Crippen LogP contribution in [0, 0.1) is 0 Å². The molecule has 2 heterocycles. The van der Waals surface area contributed by atoms with Crippen molar-refractivity contribution in [3.8, 4) is 0 Å². The first-order valence-electron chi connectivity index (χ1n) is 6.97. The number of carbonyl (C=O) groups is 2. The van der Waals surface area contributed by atoms with Gasteiger partial charge in [0.25, 0.3) is 0 Å². The fourth-order valence-electron chi connectivity index (χ4n) is 2.58. The Kier molecular flexibility index (Phi) is 5.51. The van der Waals surface area contributed by atoms with Gasteiger partial charge in [-0.15, -0.1) is 0 Å². The van der Waals surface area contributed by atoms with E-state index >= 15 is 0 Å². The maximum absolute atomic E-state index is 12.1. The zero-order chi connectivity index (χ0) is 13.7. The summed E-state index contributed by atoms with van der Waals surface area (Å²) in [4.78, 5) is 29.6. The minimum absolute atomic E-state index is 0.111. The van der Waals surface area contributed by atoms with E-state index in [1.807, 2.05) is 16.7 Å². The summed E-state index contributed by atoms with van der Waals surface area (Å²) >= 11 is 1.86. The van der Waals surface area contributed by atoms with E-state index in [0.29, 0.717) is 6.42 Å². The molecule has 0 unspecified atom stereocenters. The van der Waals surface area contributed by atoms with Gasteiger partial charge in [0.1, 0.15) is 0 Å². The molecule has 0 spiro atoms. The van der Waals surface area contributed by atoms with Crippen LogP contribution in [0.25, 0.3) is 0 Å². The fraction of sp³-hybridized carbons (Fsp3) is 0.846. The Morgan fingerprint density at radius 1 is 1.21 bits per heavy atom. The third kappa shape index (κ3) is 4.11. The Morgan fingerprint density at radius 2 is 1.95 bits per heavy atom. The topological polar surface area (TPSA) is 43.9 Å². The molecule has 0 N–H and O–H groups in total. The highest BCUT2D eigenvalue weighted by Crippen LogP contribution is 2.10. The second kappa shape index (κ2) is 7.14. The summed E-state index contributed by atoms with van der Waals surface area (Å²) in [6.45, 7) is 5.65. The average Bonchev–Trinajstić information content (AvgIpc) is 2.82. The molecule has 0 bridgehead atoms. The highest BCUT2D eigenvalue weighted by molar-refractivity contribution is 7.98. The summed E-state index contributed by atoms with van der Waals surface area (Å²) in [5.41, 5.74) is 0. The van der Waals surface area contributed by atoms with E-state index in [2.05, 4.69) is 11.2 Å².